The smallest absolute Gasteiger partial charge is 0.271 e. The average molecular weight is 300 g/mol. The first-order valence-corrected chi connectivity index (χ1v) is 6.36. The van der Waals surface area contributed by atoms with Crippen LogP contribution in [0.3, 0.4) is 0 Å². The predicted molar refractivity (Wildman–Crippen MR) is 72.0 cm³/mol. The Hall–Kier alpha value is -0.940. The van der Waals surface area contributed by atoms with E-state index in [1.165, 1.54) is 0 Å². The zero-order valence-corrected chi connectivity index (χ0v) is 12.0. The lowest BCUT2D eigenvalue weighted by Gasteiger charge is -2.16. The summed E-state index contributed by atoms with van der Waals surface area (Å²) in [7, 11) is 4.04. The molecule has 17 heavy (non-hydrogen) atoms. The van der Waals surface area contributed by atoms with Crippen LogP contribution in [0.15, 0.2) is 22.8 Å². The van der Waals surface area contributed by atoms with Crippen LogP contribution in [0.4, 0.5) is 0 Å². The van der Waals surface area contributed by atoms with E-state index >= 15 is 0 Å². The van der Waals surface area contributed by atoms with Crippen molar-refractivity contribution < 1.29 is 4.79 Å². The minimum Gasteiger partial charge on any atom is -0.348 e. The second kappa shape index (κ2) is 6.71. The Bertz CT molecular complexity index is 382. The molecule has 1 atom stereocenters. The third kappa shape index (κ3) is 4.83. The SMILES string of the molecule is CC(CCN(C)C)NC(=O)c1ncccc1Br. The number of nitrogens with one attached hydrogen (secondary N) is 1. The molecular formula is C12H18BrN3O. The number of hydrogen-bond donors (Lipinski definition) is 1. The summed E-state index contributed by atoms with van der Waals surface area (Å²) in [6.07, 6.45) is 2.54. The van der Waals surface area contributed by atoms with Gasteiger partial charge in [-0.2, -0.15) is 0 Å². The molecule has 5 heteroatoms. The fourth-order valence-corrected chi connectivity index (χ4v) is 1.80. The zero-order chi connectivity index (χ0) is 12.8. The number of rotatable bonds is 5. The molecule has 94 valence electrons. The molecule has 0 aliphatic rings. The van der Waals surface area contributed by atoms with Gasteiger partial charge in [-0.3, -0.25) is 4.79 Å². The molecule has 1 aromatic heterocycles. The fourth-order valence-electron chi connectivity index (χ4n) is 1.37. The van der Waals surface area contributed by atoms with Crippen molar-refractivity contribution in [2.24, 2.45) is 0 Å². The van der Waals surface area contributed by atoms with E-state index in [1.807, 2.05) is 27.1 Å². The number of nitrogens with zero attached hydrogens (tertiary/aromatic N) is 2. The van der Waals surface area contributed by atoms with Crippen molar-refractivity contribution in [1.29, 1.82) is 0 Å². The molecule has 1 amide bonds. The van der Waals surface area contributed by atoms with Crippen LogP contribution in [-0.4, -0.2) is 42.5 Å². The maximum atomic E-state index is 11.9. The first kappa shape index (κ1) is 14.1. The Morgan fingerprint density at radius 3 is 2.88 bits per heavy atom. The van der Waals surface area contributed by atoms with Gasteiger partial charge in [0.15, 0.2) is 0 Å². The van der Waals surface area contributed by atoms with Gasteiger partial charge >= 0.3 is 0 Å². The third-order valence-corrected chi connectivity index (χ3v) is 3.00. The number of halogens is 1. The summed E-state index contributed by atoms with van der Waals surface area (Å²) >= 11 is 3.32. The van der Waals surface area contributed by atoms with Crippen LogP contribution in [0.5, 0.6) is 0 Å². The van der Waals surface area contributed by atoms with Crippen LogP contribution in [0.25, 0.3) is 0 Å². The molecule has 1 heterocycles. The highest BCUT2D eigenvalue weighted by atomic mass is 79.9. The van der Waals surface area contributed by atoms with E-state index in [0.717, 1.165) is 17.4 Å². The van der Waals surface area contributed by atoms with Gasteiger partial charge in [0.05, 0.1) is 0 Å². The molecule has 0 fully saturated rings. The van der Waals surface area contributed by atoms with E-state index in [9.17, 15) is 4.79 Å². The topological polar surface area (TPSA) is 45.2 Å². The van der Waals surface area contributed by atoms with Gasteiger partial charge < -0.3 is 10.2 Å². The summed E-state index contributed by atoms with van der Waals surface area (Å²) in [5.74, 6) is -0.135. The number of aromatic nitrogens is 1. The minimum absolute atomic E-state index is 0.135. The van der Waals surface area contributed by atoms with Gasteiger partial charge in [0, 0.05) is 16.7 Å². The first-order chi connectivity index (χ1) is 8.00. The molecule has 0 aromatic carbocycles. The first-order valence-electron chi connectivity index (χ1n) is 5.57. The molecule has 0 saturated heterocycles. The van der Waals surface area contributed by atoms with Gasteiger partial charge in [-0.25, -0.2) is 4.98 Å². The van der Waals surface area contributed by atoms with E-state index in [4.69, 9.17) is 0 Å². The Balaban J connectivity index is 2.52. The van der Waals surface area contributed by atoms with Crippen molar-refractivity contribution in [2.45, 2.75) is 19.4 Å². The maximum Gasteiger partial charge on any atom is 0.271 e. The summed E-state index contributed by atoms with van der Waals surface area (Å²) in [5, 5.41) is 2.93. The van der Waals surface area contributed by atoms with Crippen molar-refractivity contribution in [3.05, 3.63) is 28.5 Å². The molecule has 0 aliphatic carbocycles. The van der Waals surface area contributed by atoms with Crippen molar-refractivity contribution in [1.82, 2.24) is 15.2 Å². The molecule has 0 saturated carbocycles. The highest BCUT2D eigenvalue weighted by Crippen LogP contribution is 2.13. The minimum atomic E-state index is -0.135. The molecule has 0 spiro atoms. The fraction of sp³-hybridized carbons (Fsp3) is 0.500. The lowest BCUT2D eigenvalue weighted by Crippen LogP contribution is -2.35. The summed E-state index contributed by atoms with van der Waals surface area (Å²) in [6.45, 7) is 2.95. The summed E-state index contributed by atoms with van der Waals surface area (Å²) < 4.78 is 0.720. The van der Waals surface area contributed by atoms with Crippen molar-refractivity contribution in [2.75, 3.05) is 20.6 Å². The van der Waals surface area contributed by atoms with E-state index in [1.54, 1.807) is 12.3 Å². The van der Waals surface area contributed by atoms with Crippen LogP contribution in [0.1, 0.15) is 23.8 Å². The quantitative estimate of drug-likeness (QED) is 0.903. The largest absolute Gasteiger partial charge is 0.348 e. The Morgan fingerprint density at radius 1 is 1.59 bits per heavy atom. The summed E-state index contributed by atoms with van der Waals surface area (Å²) in [5.41, 5.74) is 0.434. The van der Waals surface area contributed by atoms with Crippen LogP contribution in [-0.2, 0) is 0 Å². The number of pyridine rings is 1. The molecule has 0 bridgehead atoms. The van der Waals surface area contributed by atoms with Crippen molar-refractivity contribution in [3.63, 3.8) is 0 Å². The Kier molecular flexibility index (Phi) is 5.58. The molecule has 1 N–H and O–H groups in total. The lowest BCUT2D eigenvalue weighted by molar-refractivity contribution is 0.0931. The molecule has 1 unspecified atom stereocenters. The molecule has 1 aromatic rings. The van der Waals surface area contributed by atoms with Gasteiger partial charge in [0.2, 0.25) is 0 Å². The van der Waals surface area contributed by atoms with Crippen LogP contribution in [0, 0.1) is 0 Å². The summed E-state index contributed by atoms with van der Waals surface area (Å²) in [6, 6.07) is 3.74. The number of carbonyl (C=O) groups is 1. The van der Waals surface area contributed by atoms with E-state index in [-0.39, 0.29) is 11.9 Å². The Labute approximate surface area is 111 Å². The maximum absolute atomic E-state index is 11.9. The van der Waals surface area contributed by atoms with Crippen molar-refractivity contribution in [3.8, 4) is 0 Å². The van der Waals surface area contributed by atoms with Crippen LogP contribution in [0.2, 0.25) is 0 Å². The normalized spacial score (nSPS) is 12.5. The second-order valence-corrected chi connectivity index (χ2v) is 5.15. The molecule has 4 nitrogen and oxygen atoms in total. The number of hydrogen-bond acceptors (Lipinski definition) is 3. The highest BCUT2D eigenvalue weighted by molar-refractivity contribution is 9.10. The monoisotopic (exact) mass is 299 g/mol. The lowest BCUT2D eigenvalue weighted by atomic mass is 10.2. The zero-order valence-electron chi connectivity index (χ0n) is 10.4. The predicted octanol–water partition coefficient (Wildman–Crippen LogP) is 1.91. The highest BCUT2D eigenvalue weighted by Gasteiger charge is 2.13. The second-order valence-electron chi connectivity index (χ2n) is 4.30. The summed E-state index contributed by atoms with van der Waals surface area (Å²) in [4.78, 5) is 18.1. The van der Waals surface area contributed by atoms with E-state index in [0.29, 0.717) is 5.69 Å². The molecule has 0 aliphatic heterocycles. The van der Waals surface area contributed by atoms with E-state index < -0.39 is 0 Å². The van der Waals surface area contributed by atoms with Crippen LogP contribution < -0.4 is 5.32 Å². The van der Waals surface area contributed by atoms with Crippen LogP contribution >= 0.6 is 15.9 Å². The standard InChI is InChI=1S/C12H18BrN3O/c1-9(6-8-16(2)3)15-12(17)11-10(13)5-4-7-14-11/h4-5,7,9H,6,8H2,1-3H3,(H,15,17). The number of amides is 1. The van der Waals surface area contributed by atoms with Gasteiger partial charge in [-0.15, -0.1) is 0 Å². The van der Waals surface area contributed by atoms with Gasteiger partial charge in [0.25, 0.3) is 5.91 Å². The third-order valence-electron chi connectivity index (χ3n) is 2.36. The van der Waals surface area contributed by atoms with Crippen molar-refractivity contribution >= 4 is 21.8 Å². The molecule has 1 rings (SSSR count). The molecule has 0 radical (unpaired) electrons. The number of carbonyl (C=O) groups excluding carboxylic acids is 1. The van der Waals surface area contributed by atoms with Gasteiger partial charge in [-0.1, -0.05) is 0 Å². The average Bonchev–Trinajstić information content (AvgIpc) is 2.26. The van der Waals surface area contributed by atoms with Gasteiger partial charge in [0.1, 0.15) is 5.69 Å². The Morgan fingerprint density at radius 2 is 2.29 bits per heavy atom. The molecular weight excluding hydrogens is 282 g/mol. The van der Waals surface area contributed by atoms with E-state index in [2.05, 4.69) is 31.1 Å². The van der Waals surface area contributed by atoms with Gasteiger partial charge in [-0.05, 0) is 62.0 Å².